The smallest absolute Gasteiger partial charge is 0.241 e. The summed E-state index contributed by atoms with van der Waals surface area (Å²) in [6.07, 6.45) is 1.66. The third-order valence-electron chi connectivity index (χ3n) is 2.55. The van der Waals surface area contributed by atoms with E-state index in [4.69, 9.17) is 14.7 Å². The van der Waals surface area contributed by atoms with Crippen LogP contribution in [-0.2, 0) is 6.54 Å². The number of aliphatic hydroxyl groups excluding tert-OH is 2. The highest BCUT2D eigenvalue weighted by Crippen LogP contribution is 2.12. The summed E-state index contributed by atoms with van der Waals surface area (Å²) in [7, 11) is 0. The maximum atomic E-state index is 8.92. The normalized spacial score (nSPS) is 11.1. The molecular weight excluding hydrogens is 248 g/mol. The average Bonchev–Trinajstić information content (AvgIpc) is 2.89. The first-order valence-electron chi connectivity index (χ1n) is 6.01. The van der Waals surface area contributed by atoms with Gasteiger partial charge in [0.1, 0.15) is 5.69 Å². The van der Waals surface area contributed by atoms with Gasteiger partial charge >= 0.3 is 0 Å². The molecule has 0 saturated heterocycles. The molecule has 0 aliphatic rings. The molecule has 2 heterocycles. The predicted molar refractivity (Wildman–Crippen MR) is 67.0 cm³/mol. The lowest BCUT2D eigenvalue weighted by Crippen LogP contribution is -2.29. The molecule has 0 amide bonds. The van der Waals surface area contributed by atoms with E-state index in [0.29, 0.717) is 37.0 Å². The van der Waals surface area contributed by atoms with E-state index in [1.807, 2.05) is 17.0 Å². The molecular formula is C12H16N4O3. The first kappa shape index (κ1) is 13.6. The van der Waals surface area contributed by atoms with Gasteiger partial charge in [-0.05, 0) is 12.1 Å². The molecule has 0 aromatic carbocycles. The number of hydrogen-bond donors (Lipinski definition) is 2. The van der Waals surface area contributed by atoms with Gasteiger partial charge in [-0.3, -0.25) is 9.88 Å². The highest BCUT2D eigenvalue weighted by atomic mass is 16.5. The van der Waals surface area contributed by atoms with Crippen molar-refractivity contribution >= 4 is 0 Å². The van der Waals surface area contributed by atoms with Gasteiger partial charge in [0.25, 0.3) is 0 Å². The Kier molecular flexibility index (Phi) is 4.96. The zero-order chi connectivity index (χ0) is 13.5. The largest absolute Gasteiger partial charge is 0.395 e. The zero-order valence-electron chi connectivity index (χ0n) is 10.4. The molecule has 0 radical (unpaired) electrons. The van der Waals surface area contributed by atoms with Gasteiger partial charge in [-0.25, -0.2) is 0 Å². The molecule has 0 aliphatic carbocycles. The predicted octanol–water partition coefficient (Wildman–Crippen LogP) is -0.0818. The van der Waals surface area contributed by atoms with Crippen LogP contribution < -0.4 is 0 Å². The van der Waals surface area contributed by atoms with Crippen molar-refractivity contribution in [2.75, 3.05) is 26.3 Å². The van der Waals surface area contributed by atoms with E-state index in [-0.39, 0.29) is 13.2 Å². The fraction of sp³-hybridized carbons (Fsp3) is 0.417. The number of rotatable bonds is 7. The molecule has 7 heteroatoms. The molecule has 0 spiro atoms. The lowest BCUT2D eigenvalue weighted by molar-refractivity contribution is 0.143. The van der Waals surface area contributed by atoms with E-state index in [9.17, 15) is 0 Å². The SMILES string of the molecule is OCCN(CCO)Cc1nc(-c2ccccn2)no1. The van der Waals surface area contributed by atoms with Crippen molar-refractivity contribution in [2.45, 2.75) is 6.54 Å². The Morgan fingerprint density at radius 2 is 1.95 bits per heavy atom. The maximum absolute atomic E-state index is 8.92. The van der Waals surface area contributed by atoms with E-state index in [1.165, 1.54) is 0 Å². The van der Waals surface area contributed by atoms with Crippen LogP contribution in [0.5, 0.6) is 0 Å². The van der Waals surface area contributed by atoms with E-state index in [2.05, 4.69) is 15.1 Å². The second-order valence-corrected chi connectivity index (χ2v) is 3.95. The summed E-state index contributed by atoms with van der Waals surface area (Å²) in [6.45, 7) is 1.31. The number of hydrogen-bond acceptors (Lipinski definition) is 7. The van der Waals surface area contributed by atoms with Crippen LogP contribution in [-0.4, -0.2) is 56.5 Å². The summed E-state index contributed by atoms with van der Waals surface area (Å²) in [4.78, 5) is 10.2. The molecule has 0 saturated carbocycles. The topological polar surface area (TPSA) is 95.5 Å². The molecule has 0 atom stereocenters. The Hall–Kier alpha value is -1.83. The summed E-state index contributed by atoms with van der Waals surface area (Å²) in [5.74, 6) is 0.867. The molecule has 0 aliphatic heterocycles. The Morgan fingerprint density at radius 1 is 1.16 bits per heavy atom. The Labute approximate surface area is 110 Å². The summed E-state index contributed by atoms with van der Waals surface area (Å²) >= 11 is 0. The van der Waals surface area contributed by atoms with Gasteiger partial charge in [0, 0.05) is 19.3 Å². The van der Waals surface area contributed by atoms with Crippen LogP contribution in [0.25, 0.3) is 11.5 Å². The van der Waals surface area contributed by atoms with Crippen molar-refractivity contribution in [1.29, 1.82) is 0 Å². The van der Waals surface area contributed by atoms with Crippen molar-refractivity contribution in [2.24, 2.45) is 0 Å². The van der Waals surface area contributed by atoms with E-state index in [1.54, 1.807) is 12.3 Å². The zero-order valence-corrected chi connectivity index (χ0v) is 10.4. The lowest BCUT2D eigenvalue weighted by atomic mass is 10.3. The Balaban J connectivity index is 2.04. The minimum atomic E-state index is 0.0151. The number of aromatic nitrogens is 3. The van der Waals surface area contributed by atoms with E-state index >= 15 is 0 Å². The first-order valence-corrected chi connectivity index (χ1v) is 6.01. The quantitative estimate of drug-likeness (QED) is 0.722. The van der Waals surface area contributed by atoms with Gasteiger partial charge in [-0.15, -0.1) is 0 Å². The third kappa shape index (κ3) is 3.82. The molecule has 7 nitrogen and oxygen atoms in total. The fourth-order valence-electron chi connectivity index (χ4n) is 1.66. The highest BCUT2D eigenvalue weighted by molar-refractivity contribution is 5.46. The van der Waals surface area contributed by atoms with Crippen molar-refractivity contribution in [3.05, 3.63) is 30.3 Å². The van der Waals surface area contributed by atoms with Crippen LogP contribution in [0.2, 0.25) is 0 Å². The van der Waals surface area contributed by atoms with Gasteiger partial charge in [0.15, 0.2) is 0 Å². The van der Waals surface area contributed by atoms with Crippen LogP contribution in [0.1, 0.15) is 5.89 Å². The minimum Gasteiger partial charge on any atom is -0.395 e. The molecule has 102 valence electrons. The molecule has 2 N–H and O–H groups in total. The van der Waals surface area contributed by atoms with Crippen molar-refractivity contribution < 1.29 is 14.7 Å². The second kappa shape index (κ2) is 6.93. The summed E-state index contributed by atoms with van der Waals surface area (Å²) in [5, 5.41) is 21.7. The Bertz CT molecular complexity index is 483. The van der Waals surface area contributed by atoms with Gasteiger partial charge in [-0.1, -0.05) is 11.2 Å². The van der Waals surface area contributed by atoms with Crippen LogP contribution in [0.3, 0.4) is 0 Å². The van der Waals surface area contributed by atoms with Crippen LogP contribution in [0, 0.1) is 0 Å². The van der Waals surface area contributed by atoms with Gasteiger partial charge in [0.05, 0.1) is 19.8 Å². The van der Waals surface area contributed by atoms with Crippen LogP contribution in [0.4, 0.5) is 0 Å². The molecule has 2 aromatic rings. The van der Waals surface area contributed by atoms with Crippen molar-refractivity contribution in [3.63, 3.8) is 0 Å². The van der Waals surface area contributed by atoms with Crippen molar-refractivity contribution in [3.8, 4) is 11.5 Å². The summed E-state index contributed by atoms with van der Waals surface area (Å²) in [6, 6.07) is 5.46. The van der Waals surface area contributed by atoms with Gasteiger partial charge in [-0.2, -0.15) is 4.98 Å². The van der Waals surface area contributed by atoms with E-state index in [0.717, 1.165) is 0 Å². The summed E-state index contributed by atoms with van der Waals surface area (Å²) in [5.41, 5.74) is 0.647. The van der Waals surface area contributed by atoms with Gasteiger partial charge in [0.2, 0.25) is 11.7 Å². The highest BCUT2D eigenvalue weighted by Gasteiger charge is 2.12. The lowest BCUT2D eigenvalue weighted by Gasteiger charge is -2.17. The number of nitrogens with zero attached hydrogens (tertiary/aromatic N) is 4. The van der Waals surface area contributed by atoms with Crippen LogP contribution >= 0.6 is 0 Å². The van der Waals surface area contributed by atoms with E-state index < -0.39 is 0 Å². The number of aliphatic hydroxyl groups is 2. The minimum absolute atomic E-state index is 0.0151. The molecule has 0 fully saturated rings. The van der Waals surface area contributed by atoms with Crippen molar-refractivity contribution in [1.82, 2.24) is 20.0 Å². The Morgan fingerprint density at radius 3 is 2.58 bits per heavy atom. The summed E-state index contributed by atoms with van der Waals surface area (Å²) < 4.78 is 5.14. The first-order chi connectivity index (χ1) is 9.33. The standard InChI is InChI=1S/C12H16N4O3/c17-7-5-16(6-8-18)9-11-14-12(15-19-11)10-3-1-2-4-13-10/h1-4,17-18H,5-9H2. The average molecular weight is 264 g/mol. The third-order valence-corrected chi connectivity index (χ3v) is 2.55. The molecule has 2 rings (SSSR count). The fourth-order valence-corrected chi connectivity index (χ4v) is 1.66. The monoisotopic (exact) mass is 264 g/mol. The second-order valence-electron chi connectivity index (χ2n) is 3.95. The molecule has 19 heavy (non-hydrogen) atoms. The van der Waals surface area contributed by atoms with Crippen LogP contribution in [0.15, 0.2) is 28.9 Å². The molecule has 2 aromatic heterocycles. The van der Waals surface area contributed by atoms with Gasteiger partial charge < -0.3 is 14.7 Å². The molecule has 0 bridgehead atoms. The number of pyridine rings is 1. The molecule has 0 unspecified atom stereocenters. The maximum Gasteiger partial charge on any atom is 0.241 e.